The Bertz CT molecular complexity index is 468. The van der Waals surface area contributed by atoms with Crippen LogP contribution in [0.15, 0.2) is 42.6 Å². The smallest absolute Gasteiger partial charge is 0.145 e. The summed E-state index contributed by atoms with van der Waals surface area (Å²) in [7, 11) is 0. The number of nitrogens with zero attached hydrogens (tertiary/aromatic N) is 1. The first-order valence-corrected chi connectivity index (χ1v) is 5.85. The number of aryl methyl sites for hydroxylation is 1. The third kappa shape index (κ3) is 3.36. The number of nitrogen functional groups attached to an aromatic ring is 1. The highest BCUT2D eigenvalue weighted by atomic mass is 35.5. The van der Waals surface area contributed by atoms with E-state index >= 15 is 0 Å². The van der Waals surface area contributed by atoms with Crippen LogP contribution in [-0.2, 0) is 6.42 Å². The quantitative estimate of drug-likeness (QED) is 0.668. The zero-order chi connectivity index (χ0) is 12.1. The highest BCUT2D eigenvalue weighted by molar-refractivity contribution is 6.17. The minimum Gasteiger partial charge on any atom is -0.456 e. The lowest BCUT2D eigenvalue weighted by Crippen LogP contribution is -1.92. The average molecular weight is 249 g/mol. The number of halogens is 1. The summed E-state index contributed by atoms with van der Waals surface area (Å²) in [5.74, 6) is 2.02. The van der Waals surface area contributed by atoms with Gasteiger partial charge in [0.05, 0.1) is 6.20 Å². The van der Waals surface area contributed by atoms with E-state index in [1.807, 2.05) is 24.3 Å². The van der Waals surface area contributed by atoms with E-state index in [1.54, 1.807) is 18.3 Å². The maximum Gasteiger partial charge on any atom is 0.145 e. The van der Waals surface area contributed by atoms with Gasteiger partial charge in [-0.25, -0.2) is 0 Å². The summed E-state index contributed by atoms with van der Waals surface area (Å²) in [6.07, 6.45) is 2.46. The van der Waals surface area contributed by atoms with Gasteiger partial charge in [0, 0.05) is 23.7 Å². The van der Waals surface area contributed by atoms with E-state index in [2.05, 4.69) is 4.98 Å². The van der Waals surface area contributed by atoms with Crippen molar-refractivity contribution in [1.82, 2.24) is 4.98 Å². The summed E-state index contributed by atoms with van der Waals surface area (Å²) in [5, 5.41) is 0. The molecule has 4 heteroatoms. The Balaban J connectivity index is 2.05. The fourth-order valence-corrected chi connectivity index (χ4v) is 1.58. The molecule has 1 aromatic heterocycles. The molecule has 3 nitrogen and oxygen atoms in total. The minimum absolute atomic E-state index is 0.575. The zero-order valence-corrected chi connectivity index (χ0v) is 10.0. The minimum atomic E-state index is 0.575. The summed E-state index contributed by atoms with van der Waals surface area (Å²) in [4.78, 5) is 4.25. The van der Waals surface area contributed by atoms with Gasteiger partial charge in [0.1, 0.15) is 11.5 Å². The molecule has 2 aromatic rings. The molecule has 0 saturated heterocycles. The summed E-state index contributed by atoms with van der Waals surface area (Å²) < 4.78 is 5.62. The van der Waals surface area contributed by atoms with E-state index in [-0.39, 0.29) is 0 Å². The Morgan fingerprint density at radius 1 is 1.06 bits per heavy atom. The van der Waals surface area contributed by atoms with Crippen molar-refractivity contribution in [2.24, 2.45) is 0 Å². The van der Waals surface area contributed by atoms with Gasteiger partial charge in [-0.2, -0.15) is 0 Å². The van der Waals surface area contributed by atoms with Gasteiger partial charge in [-0.15, -0.1) is 11.6 Å². The second-order valence-electron chi connectivity index (χ2n) is 3.60. The molecule has 1 aromatic carbocycles. The van der Waals surface area contributed by atoms with Gasteiger partial charge in [0.25, 0.3) is 0 Å². The van der Waals surface area contributed by atoms with Crippen LogP contribution in [0.3, 0.4) is 0 Å². The number of nitrogens with two attached hydrogens (primary N) is 1. The van der Waals surface area contributed by atoms with Crippen LogP contribution in [-0.4, -0.2) is 10.9 Å². The highest BCUT2D eigenvalue weighted by Crippen LogP contribution is 2.21. The van der Waals surface area contributed by atoms with E-state index in [9.17, 15) is 0 Å². The Morgan fingerprint density at radius 2 is 1.76 bits per heavy atom. The Hall–Kier alpha value is -1.74. The standard InChI is InChI=1S/C13H13ClN2O/c14-8-7-11-3-6-13(9-16-11)17-12-4-1-10(15)2-5-12/h1-6,9H,7-8,15H2. The van der Waals surface area contributed by atoms with Crippen molar-refractivity contribution in [2.45, 2.75) is 6.42 Å². The number of hydrogen-bond donors (Lipinski definition) is 1. The topological polar surface area (TPSA) is 48.1 Å². The molecule has 0 radical (unpaired) electrons. The van der Waals surface area contributed by atoms with Crippen molar-refractivity contribution in [3.8, 4) is 11.5 Å². The van der Waals surface area contributed by atoms with Crippen molar-refractivity contribution in [3.63, 3.8) is 0 Å². The SMILES string of the molecule is Nc1ccc(Oc2ccc(CCCl)nc2)cc1. The molecule has 0 spiro atoms. The molecular weight excluding hydrogens is 236 g/mol. The molecule has 0 bridgehead atoms. The van der Waals surface area contributed by atoms with Gasteiger partial charge in [0.2, 0.25) is 0 Å². The molecular formula is C13H13ClN2O. The summed E-state index contributed by atoms with van der Waals surface area (Å²) in [5.41, 5.74) is 7.27. The van der Waals surface area contributed by atoms with Gasteiger partial charge in [-0.3, -0.25) is 4.98 Å². The number of aromatic nitrogens is 1. The Labute approximate surface area is 105 Å². The van der Waals surface area contributed by atoms with Crippen LogP contribution in [0.2, 0.25) is 0 Å². The lowest BCUT2D eigenvalue weighted by atomic mass is 10.3. The third-order valence-electron chi connectivity index (χ3n) is 2.26. The van der Waals surface area contributed by atoms with E-state index in [1.165, 1.54) is 0 Å². The second kappa shape index (κ2) is 5.55. The van der Waals surface area contributed by atoms with Crippen LogP contribution in [0, 0.1) is 0 Å². The first-order chi connectivity index (χ1) is 8.28. The van der Waals surface area contributed by atoms with Crippen LogP contribution in [0.5, 0.6) is 11.5 Å². The molecule has 0 saturated carbocycles. The van der Waals surface area contributed by atoms with Crippen LogP contribution in [0.1, 0.15) is 5.69 Å². The Kier molecular flexibility index (Phi) is 3.83. The van der Waals surface area contributed by atoms with Crippen molar-refractivity contribution < 1.29 is 4.74 Å². The number of benzene rings is 1. The number of alkyl halides is 1. The normalized spacial score (nSPS) is 10.2. The van der Waals surface area contributed by atoms with Gasteiger partial charge in [0.15, 0.2) is 0 Å². The van der Waals surface area contributed by atoms with Crippen molar-refractivity contribution in [3.05, 3.63) is 48.3 Å². The van der Waals surface area contributed by atoms with Crippen molar-refractivity contribution in [1.29, 1.82) is 0 Å². The monoisotopic (exact) mass is 248 g/mol. The number of anilines is 1. The number of hydrogen-bond acceptors (Lipinski definition) is 3. The van der Waals surface area contributed by atoms with Crippen LogP contribution in [0.25, 0.3) is 0 Å². The molecule has 0 unspecified atom stereocenters. The van der Waals surface area contributed by atoms with E-state index < -0.39 is 0 Å². The third-order valence-corrected chi connectivity index (χ3v) is 2.45. The number of ether oxygens (including phenoxy) is 1. The summed E-state index contributed by atoms with van der Waals surface area (Å²) in [6, 6.07) is 11.0. The molecule has 1 heterocycles. The van der Waals surface area contributed by atoms with Crippen LogP contribution < -0.4 is 10.5 Å². The molecule has 0 fully saturated rings. The first-order valence-electron chi connectivity index (χ1n) is 5.32. The maximum atomic E-state index is 5.64. The van der Waals surface area contributed by atoms with Gasteiger partial charge in [-0.05, 0) is 36.4 Å². The van der Waals surface area contributed by atoms with Gasteiger partial charge in [-0.1, -0.05) is 0 Å². The van der Waals surface area contributed by atoms with Crippen LogP contribution in [0.4, 0.5) is 5.69 Å². The number of pyridine rings is 1. The fourth-order valence-electron chi connectivity index (χ4n) is 1.39. The second-order valence-corrected chi connectivity index (χ2v) is 3.97. The first kappa shape index (κ1) is 11.7. The Morgan fingerprint density at radius 3 is 2.35 bits per heavy atom. The summed E-state index contributed by atoms with van der Waals surface area (Å²) >= 11 is 5.64. The van der Waals surface area contributed by atoms with Crippen molar-refractivity contribution >= 4 is 17.3 Å². The maximum absolute atomic E-state index is 5.64. The van der Waals surface area contributed by atoms with Crippen molar-refractivity contribution in [2.75, 3.05) is 11.6 Å². The zero-order valence-electron chi connectivity index (χ0n) is 9.27. The largest absolute Gasteiger partial charge is 0.456 e. The molecule has 0 atom stereocenters. The molecule has 0 aliphatic carbocycles. The van der Waals surface area contributed by atoms with Crippen LogP contribution >= 0.6 is 11.6 Å². The molecule has 0 amide bonds. The van der Waals surface area contributed by atoms with Gasteiger partial charge < -0.3 is 10.5 Å². The molecule has 2 N–H and O–H groups in total. The molecule has 0 aliphatic heterocycles. The molecule has 88 valence electrons. The number of rotatable bonds is 4. The van der Waals surface area contributed by atoms with E-state index in [0.717, 1.165) is 17.9 Å². The average Bonchev–Trinajstić information content (AvgIpc) is 2.35. The fraction of sp³-hybridized carbons (Fsp3) is 0.154. The lowest BCUT2D eigenvalue weighted by Gasteiger charge is -2.06. The van der Waals surface area contributed by atoms with Gasteiger partial charge >= 0.3 is 0 Å². The summed E-state index contributed by atoms with van der Waals surface area (Å²) in [6.45, 7) is 0. The molecule has 2 rings (SSSR count). The predicted molar refractivity (Wildman–Crippen MR) is 69.6 cm³/mol. The highest BCUT2D eigenvalue weighted by Gasteiger charge is 1.98. The molecule has 17 heavy (non-hydrogen) atoms. The predicted octanol–water partition coefficient (Wildman–Crippen LogP) is 3.24. The van der Waals surface area contributed by atoms with E-state index in [0.29, 0.717) is 17.3 Å². The lowest BCUT2D eigenvalue weighted by molar-refractivity contribution is 0.480. The van der Waals surface area contributed by atoms with E-state index in [4.69, 9.17) is 22.1 Å². The molecule has 0 aliphatic rings.